The number of hydrogen-bond acceptors (Lipinski definition) is 4. The predicted molar refractivity (Wildman–Crippen MR) is 110 cm³/mol. The molecule has 0 aromatic heterocycles. The lowest BCUT2D eigenvalue weighted by Crippen LogP contribution is -2.64. The van der Waals surface area contributed by atoms with Crippen molar-refractivity contribution in [3.8, 4) is 0 Å². The third-order valence-electron chi connectivity index (χ3n) is 10.3. The summed E-state index contributed by atoms with van der Waals surface area (Å²) < 4.78 is 0. The molecule has 0 aliphatic heterocycles. The average molecular weight is 409 g/mol. The van der Waals surface area contributed by atoms with Gasteiger partial charge < -0.3 is 20.4 Å². The largest absolute Gasteiger partial charge is 0.481 e. The molecule has 29 heavy (non-hydrogen) atoms. The van der Waals surface area contributed by atoms with Crippen molar-refractivity contribution in [1.29, 1.82) is 0 Å². The fourth-order valence-electron chi connectivity index (χ4n) is 8.77. The van der Waals surface area contributed by atoms with Gasteiger partial charge in [0.25, 0.3) is 0 Å². The van der Waals surface area contributed by atoms with E-state index in [4.69, 9.17) is 5.11 Å². The minimum absolute atomic E-state index is 0.00309. The van der Waals surface area contributed by atoms with Crippen molar-refractivity contribution >= 4 is 5.97 Å². The normalized spacial score (nSPS) is 52.9. The first-order valence-electron chi connectivity index (χ1n) is 11.9. The monoisotopic (exact) mass is 408 g/mol. The van der Waals surface area contributed by atoms with E-state index in [0.29, 0.717) is 30.1 Å². The molecule has 0 heterocycles. The van der Waals surface area contributed by atoms with Crippen molar-refractivity contribution in [3.63, 3.8) is 0 Å². The average Bonchev–Trinajstić information content (AvgIpc) is 3.02. The van der Waals surface area contributed by atoms with Gasteiger partial charge in [0.05, 0.1) is 18.3 Å². The molecule has 5 heteroatoms. The first-order valence-corrected chi connectivity index (χ1v) is 11.9. The summed E-state index contributed by atoms with van der Waals surface area (Å²) in [7, 11) is 0. The summed E-state index contributed by atoms with van der Waals surface area (Å²) in [6.07, 6.45) is 5.87. The van der Waals surface area contributed by atoms with Crippen molar-refractivity contribution in [2.45, 2.75) is 96.9 Å². The molecule has 0 saturated heterocycles. The molecule has 11 atom stereocenters. The van der Waals surface area contributed by atoms with Gasteiger partial charge in [-0.25, -0.2) is 0 Å². The maximum Gasteiger partial charge on any atom is 0.303 e. The van der Waals surface area contributed by atoms with Crippen LogP contribution in [0.15, 0.2) is 0 Å². The van der Waals surface area contributed by atoms with Crippen LogP contribution >= 0.6 is 0 Å². The molecule has 5 nitrogen and oxygen atoms in total. The minimum Gasteiger partial charge on any atom is -0.481 e. The van der Waals surface area contributed by atoms with Crippen LogP contribution in [0.25, 0.3) is 0 Å². The summed E-state index contributed by atoms with van der Waals surface area (Å²) in [5.74, 6) is 1.06. The summed E-state index contributed by atoms with van der Waals surface area (Å²) in [6.45, 7) is 6.89. The Bertz CT molecular complexity index is 637. The van der Waals surface area contributed by atoms with Gasteiger partial charge >= 0.3 is 5.97 Å². The predicted octanol–water partition coefficient (Wildman–Crippen LogP) is 3.45. The van der Waals surface area contributed by atoms with E-state index in [0.717, 1.165) is 44.9 Å². The van der Waals surface area contributed by atoms with Gasteiger partial charge in [0.1, 0.15) is 0 Å². The van der Waals surface area contributed by atoms with Gasteiger partial charge in [-0.05, 0) is 97.7 Å². The highest BCUT2D eigenvalue weighted by molar-refractivity contribution is 5.66. The van der Waals surface area contributed by atoms with E-state index < -0.39 is 18.2 Å². The summed E-state index contributed by atoms with van der Waals surface area (Å²) in [4.78, 5) is 11.1. The quantitative estimate of drug-likeness (QED) is 0.571. The van der Waals surface area contributed by atoms with Crippen LogP contribution in [-0.2, 0) is 4.79 Å². The highest BCUT2D eigenvalue weighted by Gasteiger charge is 2.65. The van der Waals surface area contributed by atoms with Crippen LogP contribution in [0.3, 0.4) is 0 Å². The van der Waals surface area contributed by atoms with Gasteiger partial charge in [-0.3, -0.25) is 4.79 Å². The zero-order valence-electron chi connectivity index (χ0n) is 18.3. The Hall–Kier alpha value is -0.650. The van der Waals surface area contributed by atoms with Crippen LogP contribution < -0.4 is 0 Å². The molecule has 4 rings (SSSR count). The number of aliphatic carboxylic acids is 1. The van der Waals surface area contributed by atoms with Gasteiger partial charge in [0, 0.05) is 6.42 Å². The summed E-state index contributed by atoms with van der Waals surface area (Å²) in [6, 6.07) is 0. The molecule has 0 unspecified atom stereocenters. The second-order valence-corrected chi connectivity index (χ2v) is 11.5. The van der Waals surface area contributed by atoms with Crippen LogP contribution in [0, 0.1) is 46.3 Å². The Labute approximate surface area is 174 Å². The minimum atomic E-state index is -0.748. The van der Waals surface area contributed by atoms with Crippen LogP contribution in [0.4, 0.5) is 0 Å². The van der Waals surface area contributed by atoms with Gasteiger partial charge in [0.2, 0.25) is 0 Å². The molecule has 0 aromatic carbocycles. The van der Waals surface area contributed by atoms with Gasteiger partial charge in [0.15, 0.2) is 0 Å². The van der Waals surface area contributed by atoms with Crippen LogP contribution in [0.2, 0.25) is 0 Å². The topological polar surface area (TPSA) is 98.0 Å². The number of aliphatic hydroxyl groups is 3. The summed E-state index contributed by atoms with van der Waals surface area (Å²) >= 11 is 0. The van der Waals surface area contributed by atoms with E-state index in [1.807, 2.05) is 0 Å². The Morgan fingerprint density at radius 1 is 0.931 bits per heavy atom. The first-order chi connectivity index (χ1) is 13.6. The molecule has 0 spiro atoms. The maximum atomic E-state index is 11.3. The third-order valence-corrected chi connectivity index (χ3v) is 10.3. The summed E-state index contributed by atoms with van der Waals surface area (Å²) in [5, 5.41) is 41.7. The van der Waals surface area contributed by atoms with Crippen molar-refractivity contribution in [2.75, 3.05) is 0 Å². The van der Waals surface area contributed by atoms with Gasteiger partial charge in [-0.1, -0.05) is 20.8 Å². The van der Waals surface area contributed by atoms with Crippen molar-refractivity contribution < 1.29 is 25.2 Å². The molecular formula is C24H40O5. The number of fused-ring (bicyclic) bond motifs is 5. The molecule has 4 saturated carbocycles. The molecule has 4 fully saturated rings. The molecule has 4 aliphatic carbocycles. The third kappa shape index (κ3) is 3.27. The fraction of sp³-hybridized carbons (Fsp3) is 0.958. The lowest BCUT2D eigenvalue weighted by Gasteiger charge is -2.63. The van der Waals surface area contributed by atoms with Crippen LogP contribution in [-0.4, -0.2) is 44.7 Å². The van der Waals surface area contributed by atoms with Crippen molar-refractivity contribution in [3.05, 3.63) is 0 Å². The number of carboxylic acid groups (broad SMARTS) is 1. The number of aliphatic hydroxyl groups excluding tert-OH is 3. The number of carboxylic acids is 1. The first kappa shape index (κ1) is 21.6. The van der Waals surface area contributed by atoms with Gasteiger partial charge in [-0.2, -0.15) is 0 Å². The van der Waals surface area contributed by atoms with Crippen molar-refractivity contribution in [1.82, 2.24) is 0 Å². The van der Waals surface area contributed by atoms with E-state index >= 15 is 0 Å². The highest BCUT2D eigenvalue weighted by Crippen LogP contribution is 2.68. The van der Waals surface area contributed by atoms with E-state index in [2.05, 4.69) is 20.8 Å². The van der Waals surface area contributed by atoms with Crippen molar-refractivity contribution in [2.24, 2.45) is 46.3 Å². The van der Waals surface area contributed by atoms with E-state index in [1.54, 1.807) is 0 Å². The van der Waals surface area contributed by atoms with E-state index in [1.165, 1.54) is 0 Å². The Kier molecular flexibility index (Phi) is 5.57. The standard InChI is InChI=1S/C24H40O5/c1-13(4-7-19(26)27)15-5-6-16-20-17(9-11-23(15,16)2)24(3)10-8-14(25)12-18(24)21(28)22(20)29/h13-18,20-22,25,28-29H,4-12H2,1-3H3,(H,26,27)/t13-,14+,15+,16+,17-,18-,20-,21+,22-,23+,24+/m0/s1. The maximum absolute atomic E-state index is 11.3. The van der Waals surface area contributed by atoms with E-state index in [-0.39, 0.29) is 35.2 Å². The smallest absolute Gasteiger partial charge is 0.303 e. The highest BCUT2D eigenvalue weighted by atomic mass is 16.4. The SMILES string of the molecule is C[C@@H](CCC(=O)O)[C@H]1CC[C@@H]2[C@@H]3[C@H](O)[C@H](O)[C@@H]4C[C@H](O)CC[C@]4(C)[C@H]3CC[C@@]21C. The fourth-order valence-corrected chi connectivity index (χ4v) is 8.77. The molecule has 0 radical (unpaired) electrons. The molecule has 166 valence electrons. The van der Waals surface area contributed by atoms with E-state index in [9.17, 15) is 20.1 Å². The lowest BCUT2D eigenvalue weighted by atomic mass is 9.43. The second-order valence-electron chi connectivity index (χ2n) is 11.5. The zero-order valence-corrected chi connectivity index (χ0v) is 18.3. The summed E-state index contributed by atoms with van der Waals surface area (Å²) in [5.41, 5.74) is 0.119. The lowest BCUT2D eigenvalue weighted by molar-refractivity contribution is -0.223. The number of rotatable bonds is 4. The Morgan fingerprint density at radius 2 is 1.59 bits per heavy atom. The molecule has 0 bridgehead atoms. The molecular weight excluding hydrogens is 368 g/mol. The number of hydrogen-bond donors (Lipinski definition) is 4. The molecule has 4 N–H and O–H groups in total. The zero-order chi connectivity index (χ0) is 21.1. The second kappa shape index (κ2) is 7.49. The van der Waals surface area contributed by atoms with Gasteiger partial charge in [-0.15, -0.1) is 0 Å². The van der Waals surface area contributed by atoms with Crippen LogP contribution in [0.5, 0.6) is 0 Å². The molecule has 0 amide bonds. The number of carbonyl (C=O) groups is 1. The Balaban J connectivity index is 1.59. The Morgan fingerprint density at radius 3 is 2.28 bits per heavy atom. The molecule has 4 aliphatic rings. The van der Waals surface area contributed by atoms with Crippen LogP contribution in [0.1, 0.15) is 78.6 Å². The molecule has 0 aromatic rings.